The molecule has 0 aliphatic rings. The van der Waals surface area contributed by atoms with Crippen molar-refractivity contribution in [2.24, 2.45) is 0 Å². The number of nitrogens with one attached hydrogen (secondary N) is 3. The number of carbonyl (C=O) groups is 1. The summed E-state index contributed by atoms with van der Waals surface area (Å²) in [5, 5.41) is 5.65. The summed E-state index contributed by atoms with van der Waals surface area (Å²) in [7, 11) is 0. The van der Waals surface area contributed by atoms with Crippen molar-refractivity contribution in [3.05, 3.63) is 48.0 Å². The number of H-pyrrole nitrogens is 1. The predicted octanol–water partition coefficient (Wildman–Crippen LogP) is 4.25. The van der Waals surface area contributed by atoms with Crippen LogP contribution in [0.3, 0.4) is 0 Å². The van der Waals surface area contributed by atoms with Gasteiger partial charge in [-0.3, -0.25) is 0 Å². The Hall–Kier alpha value is -2.89. The van der Waals surface area contributed by atoms with Gasteiger partial charge in [0, 0.05) is 11.9 Å². The molecular weight excluding hydrogens is 302 g/mol. The van der Waals surface area contributed by atoms with Crippen LogP contribution in [0.5, 0.6) is 0 Å². The number of aromatic amines is 1. The lowest BCUT2D eigenvalue weighted by Gasteiger charge is -2.07. The lowest BCUT2D eigenvalue weighted by Crippen LogP contribution is -2.19. The molecule has 6 nitrogen and oxygen atoms in total. The van der Waals surface area contributed by atoms with Crippen LogP contribution in [0.25, 0.3) is 11.0 Å². The lowest BCUT2D eigenvalue weighted by molar-refractivity contribution is 0.262. The van der Waals surface area contributed by atoms with E-state index in [0.717, 1.165) is 17.6 Å². The zero-order chi connectivity index (χ0) is 16.9. The fourth-order valence-corrected chi connectivity index (χ4v) is 2.51. The van der Waals surface area contributed by atoms with Crippen molar-refractivity contribution < 1.29 is 4.79 Å². The minimum Gasteiger partial charge on any atom is -0.357 e. The van der Waals surface area contributed by atoms with E-state index in [1.807, 2.05) is 31.2 Å². The molecule has 2 aromatic heterocycles. The van der Waals surface area contributed by atoms with Gasteiger partial charge in [0.15, 0.2) is 0 Å². The van der Waals surface area contributed by atoms with Crippen molar-refractivity contribution in [3.63, 3.8) is 0 Å². The molecule has 0 bridgehead atoms. The van der Waals surface area contributed by atoms with Crippen LogP contribution in [0.15, 0.2) is 36.7 Å². The zero-order valence-corrected chi connectivity index (χ0v) is 13.9. The zero-order valence-electron chi connectivity index (χ0n) is 13.9. The van der Waals surface area contributed by atoms with Crippen LogP contribution in [0.4, 0.5) is 16.2 Å². The van der Waals surface area contributed by atoms with E-state index in [1.54, 1.807) is 12.4 Å². The third-order valence-corrected chi connectivity index (χ3v) is 3.82. The minimum absolute atomic E-state index is 0.298. The first kappa shape index (κ1) is 16.0. The Morgan fingerprint density at radius 2 is 2.00 bits per heavy atom. The van der Waals surface area contributed by atoms with Crippen molar-refractivity contribution in [3.8, 4) is 0 Å². The summed E-state index contributed by atoms with van der Waals surface area (Å²) in [4.78, 5) is 23.7. The minimum atomic E-state index is -0.298. The molecule has 0 saturated heterocycles. The summed E-state index contributed by atoms with van der Waals surface area (Å²) in [6.45, 7) is 3.99. The Kier molecular flexibility index (Phi) is 4.74. The van der Waals surface area contributed by atoms with Gasteiger partial charge in [-0.2, -0.15) is 0 Å². The SMILES string of the molecule is CCCCc1ccc(NC(=O)Nc2c[nH]c3cnc(C)nc23)cc1. The molecule has 0 fully saturated rings. The second-order valence-electron chi connectivity index (χ2n) is 5.76. The molecule has 2 heterocycles. The highest BCUT2D eigenvalue weighted by molar-refractivity contribution is 6.04. The highest BCUT2D eigenvalue weighted by Gasteiger charge is 2.09. The molecule has 0 saturated carbocycles. The molecular formula is C18H21N5O. The molecule has 124 valence electrons. The molecule has 1 aromatic carbocycles. The van der Waals surface area contributed by atoms with Crippen LogP contribution in [0.1, 0.15) is 31.2 Å². The first-order valence-corrected chi connectivity index (χ1v) is 8.13. The van der Waals surface area contributed by atoms with Crippen molar-refractivity contribution in [2.45, 2.75) is 33.1 Å². The van der Waals surface area contributed by atoms with Crippen molar-refractivity contribution in [1.29, 1.82) is 0 Å². The van der Waals surface area contributed by atoms with Crippen molar-refractivity contribution in [1.82, 2.24) is 15.0 Å². The van der Waals surface area contributed by atoms with Crippen molar-refractivity contribution in [2.75, 3.05) is 10.6 Å². The number of anilines is 2. The number of carbonyl (C=O) groups excluding carboxylic acids is 1. The van der Waals surface area contributed by atoms with E-state index in [4.69, 9.17) is 0 Å². The third-order valence-electron chi connectivity index (χ3n) is 3.82. The summed E-state index contributed by atoms with van der Waals surface area (Å²) in [6, 6.07) is 7.65. The molecule has 0 spiro atoms. The molecule has 24 heavy (non-hydrogen) atoms. The third kappa shape index (κ3) is 3.71. The normalized spacial score (nSPS) is 10.8. The first-order chi connectivity index (χ1) is 11.7. The smallest absolute Gasteiger partial charge is 0.323 e. The number of aromatic nitrogens is 3. The Morgan fingerprint density at radius 3 is 2.75 bits per heavy atom. The van der Waals surface area contributed by atoms with E-state index in [-0.39, 0.29) is 6.03 Å². The summed E-state index contributed by atoms with van der Waals surface area (Å²) in [6.07, 6.45) is 6.84. The Bertz CT molecular complexity index is 838. The number of hydrogen-bond donors (Lipinski definition) is 3. The topological polar surface area (TPSA) is 82.7 Å². The van der Waals surface area contributed by atoms with E-state index in [0.29, 0.717) is 17.0 Å². The molecule has 3 rings (SSSR count). The van der Waals surface area contributed by atoms with Crippen LogP contribution in [-0.4, -0.2) is 21.0 Å². The predicted molar refractivity (Wildman–Crippen MR) is 96.3 cm³/mol. The Balaban J connectivity index is 1.65. The molecule has 0 aliphatic carbocycles. The molecule has 0 aliphatic heterocycles. The Labute approximate surface area is 140 Å². The van der Waals surface area contributed by atoms with Gasteiger partial charge in [0.25, 0.3) is 0 Å². The summed E-state index contributed by atoms with van der Waals surface area (Å²) >= 11 is 0. The second-order valence-corrected chi connectivity index (χ2v) is 5.76. The number of rotatable bonds is 5. The molecule has 0 radical (unpaired) electrons. The number of benzene rings is 1. The van der Waals surface area contributed by atoms with Gasteiger partial charge in [0.05, 0.1) is 17.4 Å². The molecule has 0 unspecified atom stereocenters. The van der Waals surface area contributed by atoms with E-state index in [2.05, 4.69) is 32.5 Å². The number of unbranched alkanes of at least 4 members (excludes halogenated alkanes) is 1. The van der Waals surface area contributed by atoms with E-state index < -0.39 is 0 Å². The van der Waals surface area contributed by atoms with Crippen LogP contribution in [-0.2, 0) is 6.42 Å². The van der Waals surface area contributed by atoms with Crippen LogP contribution < -0.4 is 10.6 Å². The van der Waals surface area contributed by atoms with Crippen LogP contribution in [0.2, 0.25) is 0 Å². The van der Waals surface area contributed by atoms with Gasteiger partial charge in [-0.15, -0.1) is 0 Å². The van der Waals surface area contributed by atoms with Crippen LogP contribution >= 0.6 is 0 Å². The highest BCUT2D eigenvalue weighted by Crippen LogP contribution is 2.20. The fourth-order valence-electron chi connectivity index (χ4n) is 2.51. The second kappa shape index (κ2) is 7.12. The quantitative estimate of drug-likeness (QED) is 0.656. The molecule has 3 N–H and O–H groups in total. The average molecular weight is 323 g/mol. The largest absolute Gasteiger partial charge is 0.357 e. The number of nitrogens with zero attached hydrogens (tertiary/aromatic N) is 2. The number of urea groups is 1. The number of fused-ring (bicyclic) bond motifs is 1. The van der Waals surface area contributed by atoms with Gasteiger partial charge >= 0.3 is 6.03 Å². The summed E-state index contributed by atoms with van der Waals surface area (Å²) < 4.78 is 0. The molecule has 6 heteroatoms. The number of aryl methyl sites for hydroxylation is 2. The van der Waals surface area contributed by atoms with Gasteiger partial charge in [-0.1, -0.05) is 25.5 Å². The number of amides is 2. The fraction of sp³-hybridized carbons (Fsp3) is 0.278. The van der Waals surface area contributed by atoms with E-state index in [9.17, 15) is 4.79 Å². The maximum absolute atomic E-state index is 12.2. The van der Waals surface area contributed by atoms with Crippen LogP contribution in [0, 0.1) is 6.92 Å². The number of hydrogen-bond acceptors (Lipinski definition) is 3. The summed E-state index contributed by atoms with van der Waals surface area (Å²) in [5.41, 5.74) is 4.17. The summed E-state index contributed by atoms with van der Waals surface area (Å²) in [5.74, 6) is 0.660. The van der Waals surface area contributed by atoms with Crippen molar-refractivity contribution >= 4 is 28.4 Å². The van der Waals surface area contributed by atoms with Gasteiger partial charge < -0.3 is 15.6 Å². The first-order valence-electron chi connectivity index (χ1n) is 8.13. The van der Waals surface area contributed by atoms with E-state index in [1.165, 1.54) is 18.4 Å². The highest BCUT2D eigenvalue weighted by atomic mass is 16.2. The standard InChI is InChI=1S/C18H21N5O/c1-3-4-5-13-6-8-14(9-7-13)22-18(24)23-16-11-20-15-10-19-12(2)21-17(15)16/h6-11,20H,3-5H2,1-2H3,(H2,22,23,24). The van der Waals surface area contributed by atoms with Gasteiger partial charge in [0.1, 0.15) is 11.3 Å². The molecule has 0 atom stereocenters. The maximum atomic E-state index is 12.2. The van der Waals surface area contributed by atoms with E-state index >= 15 is 0 Å². The van der Waals surface area contributed by atoms with Gasteiger partial charge in [0.2, 0.25) is 0 Å². The monoisotopic (exact) mass is 323 g/mol. The maximum Gasteiger partial charge on any atom is 0.323 e. The molecule has 2 amide bonds. The van der Waals surface area contributed by atoms with Gasteiger partial charge in [-0.05, 0) is 37.5 Å². The lowest BCUT2D eigenvalue weighted by atomic mass is 10.1. The average Bonchev–Trinajstić information content (AvgIpc) is 2.96. The Morgan fingerprint density at radius 1 is 1.21 bits per heavy atom. The van der Waals surface area contributed by atoms with Gasteiger partial charge in [-0.25, -0.2) is 14.8 Å². The molecule has 3 aromatic rings.